The fraction of sp³-hybridized carbons (Fsp3) is 0.900. The Hall–Kier alpha value is -0.770. The Morgan fingerprint density at radius 2 is 1.20 bits per heavy atom. The first-order chi connectivity index (χ1) is 12.1. The predicted octanol–water partition coefficient (Wildman–Crippen LogP) is 6.09. The maximum atomic E-state index is 11.1. The van der Waals surface area contributed by atoms with Crippen LogP contribution < -0.4 is 0 Å². The molecule has 0 saturated carbocycles. The minimum atomic E-state index is -1.09. The van der Waals surface area contributed by atoms with Crippen LogP contribution in [0.4, 0.5) is 0 Å². The van der Waals surface area contributed by atoms with E-state index in [0.717, 1.165) is 19.3 Å². The maximum Gasteiger partial charge on any atom is 0.345 e. The molecule has 148 valence electrons. The molecule has 1 atom stereocenters. The number of aliphatic carboxylic acids is 1. The topological polar surface area (TPSA) is 63.6 Å². The first-order valence-corrected chi connectivity index (χ1v) is 10.6. The van der Waals surface area contributed by atoms with Crippen molar-refractivity contribution in [3.8, 4) is 0 Å². The van der Waals surface area contributed by atoms with E-state index in [4.69, 9.17) is 21.4 Å². The lowest BCUT2D eigenvalue weighted by atomic mass is 10.0. The Bertz CT molecular complexity index is 334. The summed E-state index contributed by atoms with van der Waals surface area (Å²) >= 11 is 5.33. The van der Waals surface area contributed by atoms with Gasteiger partial charge in [0.25, 0.3) is 0 Å². The van der Waals surface area contributed by atoms with Gasteiger partial charge in [0.05, 0.1) is 0 Å². The lowest BCUT2D eigenvalue weighted by Crippen LogP contribution is -2.27. The number of alkyl halides is 1. The second-order valence-corrected chi connectivity index (χ2v) is 7.10. The highest BCUT2D eigenvalue weighted by molar-refractivity contribution is 6.26. The van der Waals surface area contributed by atoms with Gasteiger partial charge in [-0.2, -0.15) is 0 Å². The van der Waals surface area contributed by atoms with Crippen LogP contribution in [0, 0.1) is 0 Å². The van der Waals surface area contributed by atoms with Crippen LogP contribution in [0.2, 0.25) is 0 Å². The Kier molecular flexibility index (Phi) is 17.5. The van der Waals surface area contributed by atoms with Crippen molar-refractivity contribution in [2.45, 2.75) is 109 Å². The molecule has 0 rings (SSSR count). The van der Waals surface area contributed by atoms with Crippen LogP contribution in [-0.4, -0.2) is 29.0 Å². The van der Waals surface area contributed by atoms with Gasteiger partial charge in [-0.1, -0.05) is 90.4 Å². The van der Waals surface area contributed by atoms with E-state index >= 15 is 0 Å². The molecule has 0 aromatic rings. The van der Waals surface area contributed by atoms with Crippen LogP contribution in [0.1, 0.15) is 103 Å². The Morgan fingerprint density at radius 3 is 1.56 bits per heavy atom. The van der Waals surface area contributed by atoms with Gasteiger partial charge in [0.15, 0.2) is 6.10 Å². The molecule has 0 fully saturated rings. The highest BCUT2D eigenvalue weighted by Gasteiger charge is 2.20. The summed E-state index contributed by atoms with van der Waals surface area (Å²) in [6.45, 7) is 2.25. The number of halogens is 1. The molecule has 0 heterocycles. The third-order valence-electron chi connectivity index (χ3n) is 4.48. The van der Waals surface area contributed by atoms with Gasteiger partial charge in [-0.05, 0) is 12.8 Å². The fourth-order valence-electron chi connectivity index (χ4n) is 2.95. The van der Waals surface area contributed by atoms with Gasteiger partial charge in [-0.15, -0.1) is 11.6 Å². The zero-order chi connectivity index (χ0) is 18.8. The molecule has 0 bridgehead atoms. The average Bonchev–Trinajstić information content (AvgIpc) is 2.60. The van der Waals surface area contributed by atoms with Crippen molar-refractivity contribution in [2.75, 3.05) is 5.88 Å². The quantitative estimate of drug-likeness (QED) is 0.178. The fourth-order valence-corrected chi connectivity index (χ4v) is 3.01. The highest BCUT2D eigenvalue weighted by atomic mass is 35.5. The number of carboxylic acids is 1. The standard InChI is InChI=1S/C20H37ClO4/c1-2-3-4-5-6-7-8-9-10-11-12-13-14-15-16-18(20(23)24)25-19(22)17-21/h18H,2-17H2,1H3,(H,23,24). The summed E-state index contributed by atoms with van der Waals surface area (Å²) in [4.78, 5) is 22.1. The van der Waals surface area contributed by atoms with E-state index in [9.17, 15) is 9.59 Å². The van der Waals surface area contributed by atoms with E-state index in [1.807, 2.05) is 0 Å². The molecule has 0 amide bonds. The van der Waals surface area contributed by atoms with Crippen molar-refractivity contribution >= 4 is 23.5 Å². The second-order valence-electron chi connectivity index (χ2n) is 6.84. The normalized spacial score (nSPS) is 12.1. The highest BCUT2D eigenvalue weighted by Crippen LogP contribution is 2.14. The van der Waals surface area contributed by atoms with E-state index in [-0.39, 0.29) is 5.88 Å². The SMILES string of the molecule is CCCCCCCCCCCCCCCCC(OC(=O)CCl)C(=O)O. The molecule has 0 aromatic heterocycles. The van der Waals surface area contributed by atoms with Gasteiger partial charge >= 0.3 is 11.9 Å². The van der Waals surface area contributed by atoms with Gasteiger partial charge in [-0.3, -0.25) is 4.79 Å². The summed E-state index contributed by atoms with van der Waals surface area (Å²) in [5.41, 5.74) is 0. The van der Waals surface area contributed by atoms with Gasteiger partial charge in [-0.25, -0.2) is 4.79 Å². The molecule has 0 aliphatic carbocycles. The molecule has 4 nitrogen and oxygen atoms in total. The van der Waals surface area contributed by atoms with E-state index < -0.39 is 18.0 Å². The molecule has 0 aliphatic rings. The van der Waals surface area contributed by atoms with Gasteiger partial charge < -0.3 is 9.84 Å². The maximum absolute atomic E-state index is 11.1. The van der Waals surface area contributed by atoms with E-state index in [2.05, 4.69) is 6.92 Å². The smallest absolute Gasteiger partial charge is 0.345 e. The van der Waals surface area contributed by atoms with Crippen LogP contribution in [0.5, 0.6) is 0 Å². The van der Waals surface area contributed by atoms with Gasteiger partial charge in [0.1, 0.15) is 5.88 Å². The minimum absolute atomic E-state index is 0.303. The molecule has 1 N–H and O–H groups in total. The number of carboxylic acid groups (broad SMARTS) is 1. The molecule has 0 radical (unpaired) electrons. The summed E-state index contributed by atoms with van der Waals surface area (Å²) in [5, 5.41) is 9.00. The Balaban J connectivity index is 3.37. The largest absolute Gasteiger partial charge is 0.479 e. The summed E-state index contributed by atoms with van der Waals surface area (Å²) in [7, 11) is 0. The molecule has 0 aromatic carbocycles. The van der Waals surface area contributed by atoms with Crippen LogP contribution in [0.3, 0.4) is 0 Å². The first-order valence-electron chi connectivity index (χ1n) is 10.1. The number of carbonyl (C=O) groups excluding carboxylic acids is 1. The summed E-state index contributed by atoms with van der Waals surface area (Å²) in [6.07, 6.45) is 16.9. The summed E-state index contributed by atoms with van der Waals surface area (Å²) in [6, 6.07) is 0. The number of unbranched alkanes of at least 4 members (excludes halogenated alkanes) is 13. The number of carbonyl (C=O) groups is 2. The molecule has 0 saturated heterocycles. The molecular weight excluding hydrogens is 340 g/mol. The van der Waals surface area contributed by atoms with E-state index in [1.165, 1.54) is 70.6 Å². The van der Waals surface area contributed by atoms with Crippen molar-refractivity contribution < 1.29 is 19.4 Å². The average molecular weight is 377 g/mol. The number of ether oxygens (including phenoxy) is 1. The third-order valence-corrected chi connectivity index (χ3v) is 4.70. The van der Waals surface area contributed by atoms with Crippen molar-refractivity contribution in [3.63, 3.8) is 0 Å². The van der Waals surface area contributed by atoms with Crippen LogP contribution >= 0.6 is 11.6 Å². The molecular formula is C20H37ClO4. The monoisotopic (exact) mass is 376 g/mol. The predicted molar refractivity (Wildman–Crippen MR) is 103 cm³/mol. The van der Waals surface area contributed by atoms with Crippen molar-refractivity contribution in [3.05, 3.63) is 0 Å². The molecule has 5 heteroatoms. The van der Waals surface area contributed by atoms with Gasteiger partial charge in [0, 0.05) is 0 Å². The third kappa shape index (κ3) is 16.4. The van der Waals surface area contributed by atoms with Crippen LogP contribution in [-0.2, 0) is 14.3 Å². The lowest BCUT2D eigenvalue weighted by molar-refractivity contribution is -0.162. The Labute approximate surface area is 158 Å². The van der Waals surface area contributed by atoms with Crippen molar-refractivity contribution in [2.24, 2.45) is 0 Å². The Morgan fingerprint density at radius 1 is 0.800 bits per heavy atom. The number of esters is 1. The number of hydrogen-bond acceptors (Lipinski definition) is 3. The first kappa shape index (κ1) is 24.2. The zero-order valence-electron chi connectivity index (χ0n) is 15.9. The van der Waals surface area contributed by atoms with Gasteiger partial charge in [0.2, 0.25) is 0 Å². The van der Waals surface area contributed by atoms with E-state index in [1.54, 1.807) is 0 Å². The van der Waals surface area contributed by atoms with Crippen molar-refractivity contribution in [1.82, 2.24) is 0 Å². The van der Waals surface area contributed by atoms with Crippen LogP contribution in [0.25, 0.3) is 0 Å². The van der Waals surface area contributed by atoms with E-state index in [0.29, 0.717) is 6.42 Å². The molecule has 25 heavy (non-hydrogen) atoms. The lowest BCUT2D eigenvalue weighted by Gasteiger charge is -2.12. The molecule has 0 aliphatic heterocycles. The number of rotatable bonds is 18. The van der Waals surface area contributed by atoms with Crippen molar-refractivity contribution in [1.29, 1.82) is 0 Å². The minimum Gasteiger partial charge on any atom is -0.479 e. The van der Waals surface area contributed by atoms with Crippen LogP contribution in [0.15, 0.2) is 0 Å². The zero-order valence-corrected chi connectivity index (χ0v) is 16.7. The second kappa shape index (κ2) is 18.0. The summed E-state index contributed by atoms with van der Waals surface area (Å²) < 4.78 is 4.80. The number of hydrogen-bond donors (Lipinski definition) is 1. The summed E-state index contributed by atoms with van der Waals surface area (Å²) in [5.74, 6) is -2.06. The molecule has 0 spiro atoms. The molecule has 1 unspecified atom stereocenters.